The Kier molecular flexibility index (Phi) is 7.73. The molecule has 0 aromatic heterocycles. The van der Waals surface area contributed by atoms with Crippen LogP contribution in [0, 0.1) is 0 Å². The second-order valence-electron chi connectivity index (χ2n) is 7.58. The highest BCUT2D eigenvalue weighted by Crippen LogP contribution is 2.24. The van der Waals surface area contributed by atoms with Gasteiger partial charge in [0.15, 0.2) is 11.8 Å². The second-order valence-corrected chi connectivity index (χ2v) is 8.40. The Morgan fingerprint density at radius 1 is 1.14 bits per heavy atom. The number of benzene rings is 1. The van der Waals surface area contributed by atoms with Gasteiger partial charge in [0.1, 0.15) is 5.60 Å². The molecule has 1 heterocycles. The number of carbonyl (C=O) groups is 3. The zero-order valence-electron chi connectivity index (χ0n) is 17.5. The van der Waals surface area contributed by atoms with Crippen molar-refractivity contribution in [2.75, 3.05) is 33.0 Å². The fourth-order valence-corrected chi connectivity index (χ4v) is 3.59. The van der Waals surface area contributed by atoms with Crippen molar-refractivity contribution in [3.05, 3.63) is 47.0 Å². The SMILES string of the molecule is COC(=O)[C@@H]1CN(C(=CC(=O)c2ccccc2)SC)CCN1C(=O)OC(C)(C)C. The summed E-state index contributed by atoms with van der Waals surface area (Å²) in [6.07, 6.45) is 2.89. The number of esters is 1. The van der Waals surface area contributed by atoms with Gasteiger partial charge in [0.2, 0.25) is 0 Å². The van der Waals surface area contributed by atoms with E-state index in [0.29, 0.717) is 12.1 Å². The molecular weight excluding hydrogens is 392 g/mol. The van der Waals surface area contributed by atoms with Crippen molar-refractivity contribution < 1.29 is 23.9 Å². The van der Waals surface area contributed by atoms with E-state index in [1.165, 1.54) is 23.8 Å². The Bertz CT molecular complexity index is 773. The Morgan fingerprint density at radius 3 is 2.34 bits per heavy atom. The first-order valence-electron chi connectivity index (χ1n) is 9.33. The molecule has 0 N–H and O–H groups in total. The average molecular weight is 421 g/mol. The highest BCUT2D eigenvalue weighted by Gasteiger charge is 2.38. The predicted octanol–water partition coefficient (Wildman–Crippen LogP) is 3.17. The monoisotopic (exact) mass is 420 g/mol. The molecule has 1 saturated heterocycles. The van der Waals surface area contributed by atoms with Gasteiger partial charge in [0.25, 0.3) is 0 Å². The van der Waals surface area contributed by atoms with Crippen LogP contribution in [0.15, 0.2) is 41.4 Å². The number of methoxy groups -OCH3 is 1. The molecule has 1 aromatic rings. The maximum atomic E-state index is 12.6. The Labute approximate surface area is 176 Å². The minimum absolute atomic E-state index is 0.112. The fourth-order valence-electron chi connectivity index (χ4n) is 2.94. The lowest BCUT2D eigenvalue weighted by Gasteiger charge is -2.41. The lowest BCUT2D eigenvalue weighted by molar-refractivity contribution is -0.148. The van der Waals surface area contributed by atoms with Crippen LogP contribution in [-0.4, -0.2) is 72.3 Å². The Balaban J connectivity index is 2.20. The number of thioether (sulfide) groups is 1. The number of allylic oxidation sites excluding steroid dienone is 1. The molecule has 1 atom stereocenters. The highest BCUT2D eigenvalue weighted by atomic mass is 32.2. The number of carbonyl (C=O) groups excluding carboxylic acids is 3. The molecule has 0 bridgehead atoms. The van der Waals surface area contributed by atoms with Crippen LogP contribution in [0.4, 0.5) is 4.79 Å². The molecule has 0 saturated carbocycles. The molecule has 0 spiro atoms. The average Bonchev–Trinajstić information content (AvgIpc) is 2.70. The van der Waals surface area contributed by atoms with Crippen LogP contribution in [0.3, 0.4) is 0 Å². The van der Waals surface area contributed by atoms with Crippen molar-refractivity contribution in [3.8, 4) is 0 Å². The molecule has 0 aliphatic carbocycles. The van der Waals surface area contributed by atoms with Crippen molar-refractivity contribution >= 4 is 29.6 Å². The van der Waals surface area contributed by atoms with Gasteiger partial charge in [-0.3, -0.25) is 9.69 Å². The number of ketones is 1. The summed E-state index contributed by atoms with van der Waals surface area (Å²) in [4.78, 5) is 40.8. The van der Waals surface area contributed by atoms with Gasteiger partial charge < -0.3 is 14.4 Å². The summed E-state index contributed by atoms with van der Waals surface area (Å²) in [6, 6.07) is 8.18. The van der Waals surface area contributed by atoms with Crippen LogP contribution >= 0.6 is 11.8 Å². The predicted molar refractivity (Wildman–Crippen MR) is 113 cm³/mol. The quantitative estimate of drug-likeness (QED) is 0.411. The number of ether oxygens (including phenoxy) is 2. The number of hydrogen-bond acceptors (Lipinski definition) is 7. The molecule has 8 heteroatoms. The van der Waals surface area contributed by atoms with Gasteiger partial charge in [-0.15, -0.1) is 11.8 Å². The molecule has 7 nitrogen and oxygen atoms in total. The topological polar surface area (TPSA) is 76.2 Å². The van der Waals surface area contributed by atoms with Gasteiger partial charge in [-0.2, -0.15) is 0 Å². The standard InChI is InChI=1S/C21H28N2O5S/c1-21(2,3)28-20(26)23-12-11-22(14-16(23)19(25)27-4)18(29-5)13-17(24)15-9-7-6-8-10-15/h6-10,13,16H,11-12,14H2,1-5H3/t16-/m0/s1. The van der Waals surface area contributed by atoms with Gasteiger partial charge in [-0.1, -0.05) is 30.3 Å². The summed E-state index contributed by atoms with van der Waals surface area (Å²) < 4.78 is 10.3. The van der Waals surface area contributed by atoms with Gasteiger partial charge in [-0.25, -0.2) is 9.59 Å². The number of hydrogen-bond donors (Lipinski definition) is 0. The van der Waals surface area contributed by atoms with E-state index in [2.05, 4.69) is 0 Å². The number of piperazine rings is 1. The molecule has 29 heavy (non-hydrogen) atoms. The van der Waals surface area contributed by atoms with Crippen LogP contribution in [-0.2, 0) is 14.3 Å². The van der Waals surface area contributed by atoms with E-state index in [0.717, 1.165) is 5.03 Å². The van der Waals surface area contributed by atoms with Gasteiger partial charge in [0.05, 0.1) is 12.1 Å². The second kappa shape index (κ2) is 9.82. The minimum Gasteiger partial charge on any atom is -0.467 e. The van der Waals surface area contributed by atoms with E-state index < -0.39 is 23.7 Å². The van der Waals surface area contributed by atoms with E-state index in [-0.39, 0.29) is 18.9 Å². The van der Waals surface area contributed by atoms with Gasteiger partial charge in [0, 0.05) is 31.3 Å². The number of nitrogens with zero attached hydrogens (tertiary/aromatic N) is 2. The fraction of sp³-hybridized carbons (Fsp3) is 0.476. The van der Waals surface area contributed by atoms with E-state index in [9.17, 15) is 14.4 Å². The molecule has 1 aromatic carbocycles. The first kappa shape index (κ1) is 22.8. The van der Waals surface area contributed by atoms with Crippen molar-refractivity contribution in [1.29, 1.82) is 0 Å². The Morgan fingerprint density at radius 2 is 1.79 bits per heavy atom. The van der Waals surface area contributed by atoms with E-state index in [1.54, 1.807) is 39.0 Å². The molecular formula is C21H28N2O5S. The molecule has 1 aliphatic heterocycles. The van der Waals surface area contributed by atoms with Gasteiger partial charge in [-0.05, 0) is 27.0 Å². The molecule has 2 rings (SSSR count). The highest BCUT2D eigenvalue weighted by molar-refractivity contribution is 8.02. The first-order valence-corrected chi connectivity index (χ1v) is 10.6. The van der Waals surface area contributed by atoms with Crippen LogP contribution in [0.2, 0.25) is 0 Å². The molecule has 1 amide bonds. The molecule has 0 radical (unpaired) electrons. The van der Waals surface area contributed by atoms with Crippen molar-refractivity contribution in [1.82, 2.24) is 9.80 Å². The summed E-state index contributed by atoms with van der Waals surface area (Å²) in [7, 11) is 1.29. The summed E-state index contributed by atoms with van der Waals surface area (Å²) in [5.41, 5.74) is -0.0719. The lowest BCUT2D eigenvalue weighted by Crippen LogP contribution is -2.58. The third-order valence-electron chi connectivity index (χ3n) is 4.32. The maximum Gasteiger partial charge on any atom is 0.411 e. The largest absolute Gasteiger partial charge is 0.467 e. The summed E-state index contributed by atoms with van der Waals surface area (Å²) in [5.74, 6) is -0.630. The first-order chi connectivity index (χ1) is 13.7. The van der Waals surface area contributed by atoms with Crippen molar-refractivity contribution in [3.63, 3.8) is 0 Å². The van der Waals surface area contributed by atoms with Crippen molar-refractivity contribution in [2.45, 2.75) is 32.4 Å². The number of amides is 1. The zero-order chi connectivity index (χ0) is 21.6. The molecule has 1 fully saturated rings. The summed E-state index contributed by atoms with van der Waals surface area (Å²) in [6.45, 7) is 6.31. The normalized spacial score (nSPS) is 17.7. The van der Waals surface area contributed by atoms with Crippen LogP contribution in [0.1, 0.15) is 31.1 Å². The third kappa shape index (κ3) is 6.25. The summed E-state index contributed by atoms with van der Waals surface area (Å²) >= 11 is 1.42. The maximum absolute atomic E-state index is 12.6. The summed E-state index contributed by atoms with van der Waals surface area (Å²) in [5, 5.41) is 0.733. The van der Waals surface area contributed by atoms with E-state index >= 15 is 0 Å². The third-order valence-corrected chi connectivity index (χ3v) is 5.11. The zero-order valence-corrected chi connectivity index (χ0v) is 18.3. The van der Waals surface area contributed by atoms with Crippen LogP contribution < -0.4 is 0 Å². The van der Waals surface area contributed by atoms with Crippen LogP contribution in [0.25, 0.3) is 0 Å². The smallest absolute Gasteiger partial charge is 0.411 e. The minimum atomic E-state index is -0.814. The number of rotatable bonds is 5. The lowest BCUT2D eigenvalue weighted by atomic mass is 10.1. The van der Waals surface area contributed by atoms with Crippen molar-refractivity contribution in [2.24, 2.45) is 0 Å². The van der Waals surface area contributed by atoms with Gasteiger partial charge >= 0.3 is 12.1 Å². The van der Waals surface area contributed by atoms with E-state index in [4.69, 9.17) is 9.47 Å². The van der Waals surface area contributed by atoms with Crippen LogP contribution in [0.5, 0.6) is 0 Å². The van der Waals surface area contributed by atoms with E-state index in [1.807, 2.05) is 29.4 Å². The molecule has 1 aliphatic rings. The molecule has 158 valence electrons. The Hall–Kier alpha value is -2.48. The molecule has 0 unspecified atom stereocenters.